The molecule has 0 spiro atoms. The van der Waals surface area contributed by atoms with Gasteiger partial charge in [0.25, 0.3) is 0 Å². The fraction of sp³-hybridized carbons (Fsp3) is 0.300. The van der Waals surface area contributed by atoms with Crippen LogP contribution in [0.15, 0.2) is 54.6 Å². The second kappa shape index (κ2) is 9.76. The predicted octanol–water partition coefficient (Wildman–Crippen LogP) is 2.27. The summed E-state index contributed by atoms with van der Waals surface area (Å²) in [6.07, 6.45) is 1.04. The summed E-state index contributed by atoms with van der Waals surface area (Å²) in [5, 5.41) is 2.97. The van der Waals surface area contributed by atoms with E-state index >= 15 is 0 Å². The van der Waals surface area contributed by atoms with Crippen molar-refractivity contribution in [2.75, 3.05) is 24.2 Å². The van der Waals surface area contributed by atoms with Gasteiger partial charge in [0.15, 0.2) is 0 Å². The first-order chi connectivity index (χ1) is 13.6. The van der Waals surface area contributed by atoms with Gasteiger partial charge in [-0.15, -0.1) is 0 Å². The first-order valence-electron chi connectivity index (χ1n) is 8.92. The van der Waals surface area contributed by atoms with Crippen LogP contribution in [-0.2, 0) is 26.2 Å². The third kappa shape index (κ3) is 5.95. The number of anilines is 1. The number of sulfonamides is 1. The van der Waals surface area contributed by atoms with Crippen LogP contribution in [0.3, 0.4) is 0 Å². The van der Waals surface area contributed by atoms with Gasteiger partial charge in [0.05, 0.1) is 11.9 Å². The highest BCUT2D eigenvalue weighted by Gasteiger charge is 2.29. The highest BCUT2D eigenvalue weighted by atomic mass is 35.5. The normalized spacial score (nSPS) is 12.1. The third-order valence-electron chi connectivity index (χ3n) is 4.44. The molecule has 0 aliphatic heterocycles. The van der Waals surface area contributed by atoms with Crippen LogP contribution in [-0.4, -0.2) is 51.0 Å². The van der Waals surface area contributed by atoms with Gasteiger partial charge in [-0.05, 0) is 30.7 Å². The number of hydrogen-bond donors (Lipinski definition) is 1. The minimum absolute atomic E-state index is 0.0689. The van der Waals surface area contributed by atoms with E-state index in [1.807, 2.05) is 0 Å². The van der Waals surface area contributed by atoms with Crippen LogP contribution in [0.5, 0.6) is 0 Å². The van der Waals surface area contributed by atoms with E-state index in [9.17, 15) is 18.0 Å². The van der Waals surface area contributed by atoms with Crippen LogP contribution in [0.2, 0.25) is 5.02 Å². The molecule has 0 bridgehead atoms. The Morgan fingerprint density at radius 3 is 2.21 bits per heavy atom. The monoisotopic (exact) mass is 437 g/mol. The lowest BCUT2D eigenvalue weighted by atomic mass is 10.1. The molecule has 0 unspecified atom stereocenters. The van der Waals surface area contributed by atoms with E-state index in [1.165, 1.54) is 11.9 Å². The van der Waals surface area contributed by atoms with E-state index in [-0.39, 0.29) is 12.5 Å². The molecule has 0 heterocycles. The molecule has 0 aromatic heterocycles. The number of benzene rings is 2. The molecular formula is C20H24ClN3O4S. The first-order valence-corrected chi connectivity index (χ1v) is 11.1. The first kappa shape index (κ1) is 22.7. The summed E-state index contributed by atoms with van der Waals surface area (Å²) in [5.41, 5.74) is 1.03. The van der Waals surface area contributed by atoms with E-state index in [1.54, 1.807) is 61.5 Å². The average molecular weight is 438 g/mol. The molecule has 0 saturated carbocycles. The number of carbonyl (C=O) groups is 2. The standard InChI is InChI=1S/C20H24ClN3O4S/c1-15(20(26)22-2)23(13-16-9-7-8-12-18(16)21)19(25)14-24(29(3,27)28)17-10-5-4-6-11-17/h4-12,15H,13-14H2,1-3H3,(H,22,26)/t15-/m1/s1. The molecule has 0 fully saturated rings. The maximum atomic E-state index is 13.1. The molecular weight excluding hydrogens is 414 g/mol. The van der Waals surface area contributed by atoms with Gasteiger partial charge in [0.2, 0.25) is 21.8 Å². The SMILES string of the molecule is CNC(=O)[C@@H](C)N(Cc1ccccc1Cl)C(=O)CN(c1ccccc1)S(C)(=O)=O. The Balaban J connectivity index is 2.37. The Hall–Kier alpha value is -2.58. The molecule has 7 nitrogen and oxygen atoms in total. The molecule has 2 rings (SSSR count). The largest absolute Gasteiger partial charge is 0.357 e. The number of amides is 2. The number of para-hydroxylation sites is 1. The summed E-state index contributed by atoms with van der Waals surface area (Å²) < 4.78 is 25.7. The van der Waals surface area contributed by atoms with Crippen LogP contribution in [0.4, 0.5) is 5.69 Å². The molecule has 0 aliphatic rings. The van der Waals surface area contributed by atoms with Crippen LogP contribution >= 0.6 is 11.6 Å². The maximum Gasteiger partial charge on any atom is 0.244 e. The molecule has 29 heavy (non-hydrogen) atoms. The van der Waals surface area contributed by atoms with Crippen molar-refractivity contribution in [2.24, 2.45) is 0 Å². The fourth-order valence-electron chi connectivity index (χ4n) is 2.81. The summed E-state index contributed by atoms with van der Waals surface area (Å²) in [6.45, 7) is 1.22. The molecule has 0 aliphatic carbocycles. The zero-order chi connectivity index (χ0) is 21.6. The number of nitrogens with one attached hydrogen (secondary N) is 1. The fourth-order valence-corrected chi connectivity index (χ4v) is 3.85. The molecule has 156 valence electrons. The van der Waals surface area contributed by atoms with E-state index in [2.05, 4.69) is 5.32 Å². The number of rotatable bonds is 8. The van der Waals surface area contributed by atoms with Gasteiger partial charge in [0, 0.05) is 18.6 Å². The average Bonchev–Trinajstić information content (AvgIpc) is 2.69. The minimum atomic E-state index is -3.72. The molecule has 2 aromatic rings. The van der Waals surface area contributed by atoms with Crippen LogP contribution in [0, 0.1) is 0 Å². The van der Waals surface area contributed by atoms with Crippen LogP contribution in [0.1, 0.15) is 12.5 Å². The topological polar surface area (TPSA) is 86.8 Å². The Morgan fingerprint density at radius 1 is 1.07 bits per heavy atom. The molecule has 1 N–H and O–H groups in total. The summed E-state index contributed by atoms with van der Waals surface area (Å²) >= 11 is 6.22. The zero-order valence-electron chi connectivity index (χ0n) is 16.5. The molecule has 0 saturated heterocycles. The second-order valence-corrected chi connectivity index (χ2v) is 8.82. The number of halogens is 1. The molecule has 0 radical (unpaired) electrons. The van der Waals surface area contributed by atoms with Gasteiger partial charge >= 0.3 is 0 Å². The summed E-state index contributed by atoms with van der Waals surface area (Å²) in [7, 11) is -2.24. The van der Waals surface area contributed by atoms with E-state index in [4.69, 9.17) is 11.6 Å². The van der Waals surface area contributed by atoms with Crippen molar-refractivity contribution < 1.29 is 18.0 Å². The number of nitrogens with zero attached hydrogens (tertiary/aromatic N) is 2. The molecule has 1 atom stereocenters. The second-order valence-electron chi connectivity index (χ2n) is 6.51. The van der Waals surface area contributed by atoms with Crippen molar-refractivity contribution in [3.63, 3.8) is 0 Å². The van der Waals surface area contributed by atoms with Gasteiger partial charge in [-0.25, -0.2) is 8.42 Å². The van der Waals surface area contributed by atoms with Crippen molar-refractivity contribution in [3.8, 4) is 0 Å². The van der Waals surface area contributed by atoms with E-state index < -0.39 is 28.5 Å². The number of hydrogen-bond acceptors (Lipinski definition) is 4. The van der Waals surface area contributed by atoms with Crippen molar-refractivity contribution in [1.82, 2.24) is 10.2 Å². The Labute approximate surface area is 176 Å². The van der Waals surface area contributed by atoms with E-state index in [0.29, 0.717) is 16.3 Å². The van der Waals surface area contributed by atoms with Crippen LogP contribution < -0.4 is 9.62 Å². The lowest BCUT2D eigenvalue weighted by Gasteiger charge is -2.31. The van der Waals surface area contributed by atoms with Gasteiger partial charge in [-0.1, -0.05) is 48.0 Å². The number of likely N-dealkylation sites (N-methyl/N-ethyl adjacent to an activating group) is 1. The summed E-state index contributed by atoms with van der Waals surface area (Å²) in [4.78, 5) is 26.7. The lowest BCUT2D eigenvalue weighted by Crippen LogP contribution is -2.50. The van der Waals surface area contributed by atoms with Gasteiger partial charge in [-0.2, -0.15) is 0 Å². The highest BCUT2D eigenvalue weighted by Crippen LogP contribution is 2.21. The Morgan fingerprint density at radius 2 is 1.66 bits per heavy atom. The molecule has 9 heteroatoms. The van der Waals surface area contributed by atoms with Crippen molar-refractivity contribution >= 4 is 39.1 Å². The predicted molar refractivity (Wildman–Crippen MR) is 114 cm³/mol. The summed E-state index contributed by atoms with van der Waals surface area (Å²) in [5.74, 6) is -0.883. The quantitative estimate of drug-likeness (QED) is 0.686. The van der Waals surface area contributed by atoms with Crippen molar-refractivity contribution in [1.29, 1.82) is 0 Å². The smallest absolute Gasteiger partial charge is 0.244 e. The van der Waals surface area contributed by atoms with E-state index in [0.717, 1.165) is 10.6 Å². The van der Waals surface area contributed by atoms with Crippen molar-refractivity contribution in [2.45, 2.75) is 19.5 Å². The molecule has 2 aromatic carbocycles. The minimum Gasteiger partial charge on any atom is -0.357 e. The van der Waals surface area contributed by atoms with Gasteiger partial charge < -0.3 is 10.2 Å². The Bertz CT molecular complexity index is 967. The highest BCUT2D eigenvalue weighted by molar-refractivity contribution is 7.92. The maximum absolute atomic E-state index is 13.1. The van der Waals surface area contributed by atoms with Crippen molar-refractivity contribution in [3.05, 3.63) is 65.2 Å². The number of carbonyl (C=O) groups excluding carboxylic acids is 2. The van der Waals surface area contributed by atoms with Crippen LogP contribution in [0.25, 0.3) is 0 Å². The van der Waals surface area contributed by atoms with Gasteiger partial charge in [0.1, 0.15) is 12.6 Å². The summed E-state index contributed by atoms with van der Waals surface area (Å²) in [6, 6.07) is 14.5. The van der Waals surface area contributed by atoms with Gasteiger partial charge in [-0.3, -0.25) is 13.9 Å². The zero-order valence-corrected chi connectivity index (χ0v) is 18.1. The lowest BCUT2D eigenvalue weighted by molar-refractivity contribution is -0.139. The third-order valence-corrected chi connectivity index (χ3v) is 5.94. The Kier molecular flexibility index (Phi) is 7.64. The molecule has 2 amide bonds.